The first-order chi connectivity index (χ1) is 2.94. The van der Waals surface area contributed by atoms with Crippen molar-refractivity contribution in [1.82, 2.24) is 0 Å². The molecule has 0 spiro atoms. The monoisotopic (exact) mass is 136 g/mol. The Morgan fingerprint density at radius 2 is 1.43 bits per heavy atom. The molecule has 3 heteroatoms. The van der Waals surface area contributed by atoms with Gasteiger partial charge in [0.05, 0.1) is 0 Å². The second-order valence-electron chi connectivity index (χ2n) is 3.07. The predicted octanol–water partition coefficient (Wildman–Crippen LogP) is 1.20. The zero-order valence-electron chi connectivity index (χ0n) is 5.95. The van der Waals surface area contributed by atoms with Gasteiger partial charge in [0, 0.05) is 0 Å². The molecule has 0 radical (unpaired) electrons. The van der Waals surface area contributed by atoms with Crippen LogP contribution < -0.4 is 0 Å². The Morgan fingerprint density at radius 1 is 1.29 bits per heavy atom. The SMILES string of the molecule is B[PH](C)(C)P(C)C. The Bertz CT molecular complexity index is 55.2. The molecule has 0 saturated heterocycles. The molecule has 0 aliphatic heterocycles. The molecule has 0 aromatic rings. The minimum absolute atomic E-state index is 0.397. The third-order valence-corrected chi connectivity index (χ3v) is 12.1. The second-order valence-corrected chi connectivity index (χ2v) is 15.9. The summed E-state index contributed by atoms with van der Waals surface area (Å²) in [7, 11) is 2.83. The second kappa shape index (κ2) is 2.47. The van der Waals surface area contributed by atoms with Crippen molar-refractivity contribution in [3.63, 3.8) is 0 Å². The number of hydrogen-bond acceptors (Lipinski definition) is 0. The molecule has 0 N–H and O–H groups in total. The van der Waals surface area contributed by atoms with E-state index in [1.165, 1.54) is 0 Å². The molecule has 0 unspecified atom stereocenters. The van der Waals surface area contributed by atoms with Gasteiger partial charge in [-0.2, -0.15) is 0 Å². The van der Waals surface area contributed by atoms with Crippen molar-refractivity contribution in [3.8, 4) is 0 Å². The summed E-state index contributed by atoms with van der Waals surface area (Å²) in [6, 6.07) is 0. The molecule has 7 heavy (non-hydrogen) atoms. The van der Waals surface area contributed by atoms with Gasteiger partial charge in [-0.3, -0.25) is 0 Å². The van der Waals surface area contributed by atoms with E-state index in [9.17, 15) is 0 Å². The standard InChI is InChI=1S/C4H15BP2/c1-6(2)7(3,4)5/h7H,5H2,1-4H3. The Labute approximate surface area is 49.4 Å². The first kappa shape index (κ1) is 7.92. The Kier molecular flexibility index (Phi) is 2.79. The molecule has 0 bridgehead atoms. The van der Waals surface area contributed by atoms with Crippen LogP contribution in [-0.2, 0) is 0 Å². The van der Waals surface area contributed by atoms with Gasteiger partial charge in [-0.25, -0.2) is 0 Å². The van der Waals surface area contributed by atoms with Crippen LogP contribution in [0.5, 0.6) is 0 Å². The maximum atomic E-state index is 2.43. The summed E-state index contributed by atoms with van der Waals surface area (Å²) < 4.78 is 0. The van der Waals surface area contributed by atoms with Crippen LogP contribution in [0.2, 0.25) is 0 Å². The van der Waals surface area contributed by atoms with Gasteiger partial charge in [-0.05, 0) is 0 Å². The molecule has 0 nitrogen and oxygen atoms in total. The summed E-state index contributed by atoms with van der Waals surface area (Å²) in [6.45, 7) is 8.94. The quantitative estimate of drug-likeness (QED) is 0.375. The molecule has 0 aromatic heterocycles. The molecule has 0 heterocycles. The molecule has 44 valence electrons. The molecule has 0 rings (SSSR count). The maximum absolute atomic E-state index is 2.43. The minimum atomic E-state index is -0.670. The van der Waals surface area contributed by atoms with Crippen LogP contribution in [0.1, 0.15) is 0 Å². The van der Waals surface area contributed by atoms with Crippen LogP contribution in [-0.4, -0.2) is 34.2 Å². The molecule has 0 aliphatic carbocycles. The van der Waals surface area contributed by atoms with Crippen LogP contribution in [0, 0.1) is 0 Å². The van der Waals surface area contributed by atoms with Crippen LogP contribution in [0.4, 0.5) is 0 Å². The van der Waals surface area contributed by atoms with Crippen molar-refractivity contribution in [2.45, 2.75) is 0 Å². The number of rotatable bonds is 1. The van der Waals surface area contributed by atoms with Crippen LogP contribution in [0.3, 0.4) is 0 Å². The van der Waals surface area contributed by atoms with E-state index in [2.05, 4.69) is 34.2 Å². The molecule has 0 aromatic carbocycles. The summed E-state index contributed by atoms with van der Waals surface area (Å²) in [5.74, 6) is 0. The third kappa shape index (κ3) is 3.50. The molecular weight excluding hydrogens is 121 g/mol. The number of hydrogen-bond donors (Lipinski definition) is 0. The van der Waals surface area contributed by atoms with Crippen molar-refractivity contribution in [2.75, 3.05) is 26.7 Å². The van der Waals surface area contributed by atoms with E-state index in [1.807, 2.05) is 0 Å². The van der Waals surface area contributed by atoms with Gasteiger partial charge in [0.2, 0.25) is 0 Å². The molecule has 0 aliphatic rings. The van der Waals surface area contributed by atoms with Crippen molar-refractivity contribution in [2.24, 2.45) is 0 Å². The fourth-order valence-electron chi connectivity index (χ4n) is 0. The summed E-state index contributed by atoms with van der Waals surface area (Å²) in [4.78, 5) is 0. The van der Waals surface area contributed by atoms with Crippen molar-refractivity contribution >= 4 is 22.0 Å². The molecule has 0 amide bonds. The average molecular weight is 136 g/mol. The zero-order chi connectivity index (χ0) is 6.08. The Balaban J connectivity index is 3.54. The van der Waals surface area contributed by atoms with E-state index in [4.69, 9.17) is 0 Å². The van der Waals surface area contributed by atoms with E-state index in [1.54, 1.807) is 0 Å². The van der Waals surface area contributed by atoms with Gasteiger partial charge in [0.25, 0.3) is 0 Å². The van der Waals surface area contributed by atoms with Gasteiger partial charge >= 0.3 is 48.7 Å². The van der Waals surface area contributed by atoms with Crippen LogP contribution >= 0.6 is 14.4 Å². The van der Waals surface area contributed by atoms with Gasteiger partial charge in [-0.1, -0.05) is 0 Å². The molecule has 0 atom stereocenters. The van der Waals surface area contributed by atoms with E-state index in [0.717, 1.165) is 0 Å². The van der Waals surface area contributed by atoms with E-state index in [-0.39, 0.29) is 0 Å². The van der Waals surface area contributed by atoms with Gasteiger partial charge in [-0.15, -0.1) is 0 Å². The first-order valence-electron chi connectivity index (χ1n) is 2.62. The topological polar surface area (TPSA) is 0 Å². The van der Waals surface area contributed by atoms with Gasteiger partial charge < -0.3 is 0 Å². The molecule has 0 fully saturated rings. The zero-order valence-corrected chi connectivity index (χ0v) is 7.84. The first-order valence-corrected chi connectivity index (χ1v) is 9.20. The Hall–Kier alpha value is 0.925. The summed E-state index contributed by atoms with van der Waals surface area (Å²) >= 11 is 0. The summed E-state index contributed by atoms with van der Waals surface area (Å²) in [5.41, 5.74) is 0. The van der Waals surface area contributed by atoms with Crippen LogP contribution in [0.15, 0.2) is 0 Å². The third-order valence-electron chi connectivity index (χ3n) is 1.34. The predicted molar refractivity (Wildman–Crippen MR) is 47.5 cm³/mol. The Morgan fingerprint density at radius 3 is 1.43 bits per heavy atom. The van der Waals surface area contributed by atoms with Gasteiger partial charge in [0.1, 0.15) is 0 Å². The van der Waals surface area contributed by atoms with E-state index in [0.29, 0.717) is 7.61 Å². The molecule has 0 saturated carbocycles. The fourth-order valence-corrected chi connectivity index (χ4v) is 0. The normalized spacial score (nSPS) is 15.0. The van der Waals surface area contributed by atoms with E-state index < -0.39 is 6.83 Å². The van der Waals surface area contributed by atoms with Crippen molar-refractivity contribution < 1.29 is 0 Å². The molecular formula is C4H15BP2. The van der Waals surface area contributed by atoms with Crippen LogP contribution in [0.25, 0.3) is 0 Å². The fraction of sp³-hybridized carbons (Fsp3) is 1.00. The van der Waals surface area contributed by atoms with Crippen molar-refractivity contribution in [3.05, 3.63) is 0 Å². The van der Waals surface area contributed by atoms with E-state index >= 15 is 0 Å². The van der Waals surface area contributed by atoms with Gasteiger partial charge in [0.15, 0.2) is 0 Å². The van der Waals surface area contributed by atoms with Crippen molar-refractivity contribution in [1.29, 1.82) is 0 Å². The summed E-state index contributed by atoms with van der Waals surface area (Å²) in [5, 5.41) is 0. The average Bonchev–Trinajstić information content (AvgIpc) is 1.31. The summed E-state index contributed by atoms with van der Waals surface area (Å²) in [6.07, 6.45) is 0.